The van der Waals surface area contributed by atoms with Gasteiger partial charge in [-0.05, 0) is 31.7 Å². The molecule has 1 fully saturated rings. The number of hydrogen-bond acceptors (Lipinski definition) is 6. The lowest BCUT2D eigenvalue weighted by atomic mass is 10.1. The van der Waals surface area contributed by atoms with Crippen LogP contribution in [0.4, 0.5) is 0 Å². The molecule has 0 spiro atoms. The molecule has 0 saturated carbocycles. The van der Waals surface area contributed by atoms with Gasteiger partial charge < -0.3 is 31.7 Å². The third-order valence-electron chi connectivity index (χ3n) is 5.06. The monoisotopic (exact) mass is 447 g/mol. The van der Waals surface area contributed by atoms with Gasteiger partial charge in [0.1, 0.15) is 18.6 Å². The van der Waals surface area contributed by atoms with Gasteiger partial charge in [-0.2, -0.15) is 0 Å². The largest absolute Gasteiger partial charge is 0.480 e. The van der Waals surface area contributed by atoms with E-state index >= 15 is 0 Å². The van der Waals surface area contributed by atoms with Crippen molar-refractivity contribution in [2.45, 2.75) is 44.3 Å². The standard InChI is InChI=1S/C21H29N5O6/c1-13(19(30)24-12-18(28)29)25-17(27)11-23-20(31)16-8-5-9-26(16)21(32)15(22)10-14-6-3-2-4-7-14/h2-4,6-7,13,15-16H,5,8-12,22H2,1H3,(H,23,31)(H,24,30)(H,25,27)(H,28,29)/t13-,15-,16-/m0/s1. The summed E-state index contributed by atoms with van der Waals surface area (Å²) < 4.78 is 0. The number of likely N-dealkylation sites (tertiary alicyclic amines) is 1. The molecule has 0 aromatic heterocycles. The molecule has 4 amide bonds. The summed E-state index contributed by atoms with van der Waals surface area (Å²) in [5.41, 5.74) is 7.00. The number of carboxylic acid groups (broad SMARTS) is 1. The molecule has 1 heterocycles. The Morgan fingerprint density at radius 3 is 2.47 bits per heavy atom. The van der Waals surface area contributed by atoms with E-state index in [4.69, 9.17) is 10.8 Å². The van der Waals surface area contributed by atoms with E-state index in [2.05, 4.69) is 16.0 Å². The van der Waals surface area contributed by atoms with Crippen molar-refractivity contribution in [3.8, 4) is 0 Å². The van der Waals surface area contributed by atoms with Crippen LogP contribution in [0.25, 0.3) is 0 Å². The molecule has 174 valence electrons. The number of carbonyl (C=O) groups excluding carboxylic acids is 4. The third kappa shape index (κ3) is 7.34. The average molecular weight is 447 g/mol. The number of nitrogens with two attached hydrogens (primary N) is 1. The molecule has 0 unspecified atom stereocenters. The van der Waals surface area contributed by atoms with Crippen LogP contribution in [0.15, 0.2) is 30.3 Å². The normalized spacial score (nSPS) is 17.2. The highest BCUT2D eigenvalue weighted by molar-refractivity contribution is 5.93. The van der Waals surface area contributed by atoms with E-state index < -0.39 is 48.4 Å². The van der Waals surface area contributed by atoms with Gasteiger partial charge in [0.05, 0.1) is 12.6 Å². The number of rotatable bonds is 10. The molecule has 1 saturated heterocycles. The second kappa shape index (κ2) is 11.8. The van der Waals surface area contributed by atoms with Crippen molar-refractivity contribution in [1.29, 1.82) is 0 Å². The highest BCUT2D eigenvalue weighted by Gasteiger charge is 2.36. The molecule has 0 aliphatic carbocycles. The summed E-state index contributed by atoms with van der Waals surface area (Å²) in [6, 6.07) is 6.88. The van der Waals surface area contributed by atoms with Crippen molar-refractivity contribution in [1.82, 2.24) is 20.9 Å². The average Bonchev–Trinajstić information content (AvgIpc) is 3.25. The molecule has 32 heavy (non-hydrogen) atoms. The fraction of sp³-hybridized carbons (Fsp3) is 0.476. The Morgan fingerprint density at radius 1 is 1.12 bits per heavy atom. The van der Waals surface area contributed by atoms with E-state index in [1.165, 1.54) is 11.8 Å². The van der Waals surface area contributed by atoms with Crippen LogP contribution >= 0.6 is 0 Å². The highest BCUT2D eigenvalue weighted by Crippen LogP contribution is 2.19. The van der Waals surface area contributed by atoms with Gasteiger partial charge in [0.15, 0.2) is 0 Å². The predicted octanol–water partition coefficient (Wildman–Crippen LogP) is -1.63. The minimum Gasteiger partial charge on any atom is -0.480 e. The molecule has 0 bridgehead atoms. The van der Waals surface area contributed by atoms with Crippen LogP contribution in [0, 0.1) is 0 Å². The van der Waals surface area contributed by atoms with Crippen LogP contribution in [0.1, 0.15) is 25.3 Å². The first-order valence-electron chi connectivity index (χ1n) is 10.4. The van der Waals surface area contributed by atoms with Crippen LogP contribution in [0.2, 0.25) is 0 Å². The smallest absolute Gasteiger partial charge is 0.322 e. The zero-order valence-corrected chi connectivity index (χ0v) is 17.9. The maximum Gasteiger partial charge on any atom is 0.322 e. The van der Waals surface area contributed by atoms with Crippen LogP contribution < -0.4 is 21.7 Å². The molecule has 1 aliphatic rings. The van der Waals surface area contributed by atoms with E-state index in [0.29, 0.717) is 25.8 Å². The van der Waals surface area contributed by atoms with E-state index in [-0.39, 0.29) is 12.5 Å². The Balaban J connectivity index is 1.82. The van der Waals surface area contributed by atoms with Gasteiger partial charge in [0.25, 0.3) is 0 Å². The molecule has 1 aromatic rings. The third-order valence-corrected chi connectivity index (χ3v) is 5.06. The number of nitrogens with zero attached hydrogens (tertiary/aromatic N) is 1. The summed E-state index contributed by atoms with van der Waals surface area (Å²) >= 11 is 0. The van der Waals surface area contributed by atoms with Gasteiger partial charge in [-0.15, -0.1) is 0 Å². The first-order chi connectivity index (χ1) is 15.2. The highest BCUT2D eigenvalue weighted by atomic mass is 16.4. The quantitative estimate of drug-likeness (QED) is 0.286. The van der Waals surface area contributed by atoms with E-state index in [0.717, 1.165) is 5.56 Å². The lowest BCUT2D eigenvalue weighted by Gasteiger charge is -2.26. The number of carboxylic acids is 1. The second-order valence-corrected chi connectivity index (χ2v) is 7.60. The summed E-state index contributed by atoms with van der Waals surface area (Å²) in [5.74, 6) is -3.27. The summed E-state index contributed by atoms with van der Waals surface area (Å²) in [5, 5.41) is 15.6. The fourth-order valence-electron chi connectivity index (χ4n) is 3.43. The Kier molecular flexibility index (Phi) is 9.14. The van der Waals surface area contributed by atoms with Crippen molar-refractivity contribution in [2.75, 3.05) is 19.6 Å². The van der Waals surface area contributed by atoms with E-state index in [1.54, 1.807) is 0 Å². The Labute approximate surface area is 185 Å². The predicted molar refractivity (Wildman–Crippen MR) is 114 cm³/mol. The van der Waals surface area contributed by atoms with E-state index in [9.17, 15) is 24.0 Å². The maximum absolute atomic E-state index is 12.8. The molecular weight excluding hydrogens is 418 g/mol. The Hall–Kier alpha value is -3.47. The molecule has 0 radical (unpaired) electrons. The van der Waals surface area contributed by atoms with Crippen molar-refractivity contribution in [2.24, 2.45) is 5.73 Å². The van der Waals surface area contributed by atoms with Gasteiger partial charge >= 0.3 is 5.97 Å². The first kappa shape index (κ1) is 24.8. The Bertz CT molecular complexity index is 846. The summed E-state index contributed by atoms with van der Waals surface area (Å²) in [4.78, 5) is 61.0. The molecule has 11 heteroatoms. The van der Waals surface area contributed by atoms with Crippen LogP contribution in [0.3, 0.4) is 0 Å². The van der Waals surface area contributed by atoms with Crippen molar-refractivity contribution in [3.63, 3.8) is 0 Å². The lowest BCUT2D eigenvalue weighted by molar-refractivity contribution is -0.139. The molecule has 11 nitrogen and oxygen atoms in total. The number of benzene rings is 1. The zero-order chi connectivity index (χ0) is 23.7. The fourth-order valence-corrected chi connectivity index (χ4v) is 3.43. The zero-order valence-electron chi connectivity index (χ0n) is 17.9. The van der Waals surface area contributed by atoms with Gasteiger partial charge in [0, 0.05) is 6.54 Å². The lowest BCUT2D eigenvalue weighted by Crippen LogP contribution is -2.53. The van der Waals surface area contributed by atoms with Crippen molar-refractivity contribution < 1.29 is 29.1 Å². The first-order valence-corrected chi connectivity index (χ1v) is 10.4. The van der Waals surface area contributed by atoms with Gasteiger partial charge in [0.2, 0.25) is 23.6 Å². The minimum atomic E-state index is -1.21. The van der Waals surface area contributed by atoms with Gasteiger partial charge in [-0.25, -0.2) is 0 Å². The van der Waals surface area contributed by atoms with Crippen molar-refractivity contribution in [3.05, 3.63) is 35.9 Å². The summed E-state index contributed by atoms with van der Waals surface area (Å²) in [7, 11) is 0. The topological polar surface area (TPSA) is 171 Å². The SMILES string of the molecule is C[C@H](NC(=O)CNC(=O)[C@@H]1CCCN1C(=O)[C@@H](N)Cc1ccccc1)C(=O)NCC(=O)O. The number of aliphatic carboxylic acids is 1. The summed E-state index contributed by atoms with van der Waals surface area (Å²) in [6.07, 6.45) is 1.47. The summed E-state index contributed by atoms with van der Waals surface area (Å²) in [6.45, 7) is 0.854. The maximum atomic E-state index is 12.8. The number of nitrogens with one attached hydrogen (secondary N) is 3. The molecular formula is C21H29N5O6. The number of hydrogen-bond donors (Lipinski definition) is 5. The number of amides is 4. The van der Waals surface area contributed by atoms with E-state index in [1.807, 2.05) is 30.3 Å². The Morgan fingerprint density at radius 2 is 1.81 bits per heavy atom. The van der Waals surface area contributed by atoms with Crippen LogP contribution in [0.5, 0.6) is 0 Å². The van der Waals surface area contributed by atoms with Gasteiger partial charge in [-0.1, -0.05) is 30.3 Å². The molecule has 1 aliphatic heterocycles. The number of carbonyl (C=O) groups is 5. The second-order valence-electron chi connectivity index (χ2n) is 7.60. The van der Waals surface area contributed by atoms with Crippen molar-refractivity contribution >= 4 is 29.6 Å². The molecule has 2 rings (SSSR count). The molecule has 3 atom stereocenters. The van der Waals surface area contributed by atoms with Gasteiger partial charge in [-0.3, -0.25) is 24.0 Å². The van der Waals surface area contributed by atoms with Crippen LogP contribution in [-0.4, -0.2) is 77.4 Å². The molecule has 6 N–H and O–H groups in total. The van der Waals surface area contributed by atoms with Crippen LogP contribution in [-0.2, 0) is 30.4 Å². The minimum absolute atomic E-state index is 0.320. The molecule has 1 aromatic carbocycles.